The van der Waals surface area contributed by atoms with Crippen molar-refractivity contribution in [2.45, 2.75) is 12.8 Å². The molecule has 0 bridgehead atoms. The van der Waals surface area contributed by atoms with Gasteiger partial charge in [0.15, 0.2) is 0 Å². The van der Waals surface area contributed by atoms with E-state index < -0.39 is 10.0 Å². The lowest BCUT2D eigenvalue weighted by atomic mass is 10.3. The Morgan fingerprint density at radius 1 is 1.31 bits per heavy atom. The molecule has 0 saturated heterocycles. The highest BCUT2D eigenvalue weighted by Gasteiger charge is 2.09. The Bertz CT molecular complexity index is 436. The molecule has 0 heterocycles. The first-order valence-electron chi connectivity index (χ1n) is 4.85. The zero-order valence-corrected chi connectivity index (χ0v) is 11.8. The van der Waals surface area contributed by atoms with E-state index in [9.17, 15) is 8.42 Å². The van der Waals surface area contributed by atoms with E-state index in [0.29, 0.717) is 24.4 Å². The lowest BCUT2D eigenvalue weighted by Crippen LogP contribution is -2.16. The van der Waals surface area contributed by atoms with E-state index in [-0.39, 0.29) is 5.75 Å². The number of rotatable bonds is 6. The number of anilines is 1. The molecule has 0 saturated carbocycles. The van der Waals surface area contributed by atoms with Crippen molar-refractivity contribution < 1.29 is 8.42 Å². The predicted molar refractivity (Wildman–Crippen MR) is 71.5 cm³/mol. The zero-order valence-electron chi connectivity index (χ0n) is 8.62. The summed E-state index contributed by atoms with van der Waals surface area (Å²) in [6.45, 7) is 0. The second kappa shape index (κ2) is 6.47. The maximum atomic E-state index is 11.6. The first-order valence-corrected chi connectivity index (χ1v) is 7.83. The van der Waals surface area contributed by atoms with Gasteiger partial charge in [-0.1, -0.05) is 22.0 Å². The topological polar surface area (TPSA) is 46.2 Å². The zero-order chi connectivity index (χ0) is 12.0. The van der Waals surface area contributed by atoms with Gasteiger partial charge in [-0.05, 0) is 31.0 Å². The Labute approximate surface area is 109 Å². The number of unbranched alkanes of at least 4 members (excludes halogenated alkanes) is 1. The lowest BCUT2D eigenvalue weighted by molar-refractivity contribution is 0.598. The molecule has 6 heteroatoms. The molecule has 1 rings (SSSR count). The number of nitrogens with one attached hydrogen (secondary N) is 1. The van der Waals surface area contributed by atoms with Gasteiger partial charge in [0.05, 0.1) is 5.75 Å². The van der Waals surface area contributed by atoms with Gasteiger partial charge in [-0.25, -0.2) is 8.42 Å². The van der Waals surface area contributed by atoms with Crippen LogP contribution in [0.4, 0.5) is 5.69 Å². The van der Waals surface area contributed by atoms with Crippen LogP contribution in [0.25, 0.3) is 0 Å². The van der Waals surface area contributed by atoms with Crippen LogP contribution in [0.2, 0.25) is 0 Å². The Balaban J connectivity index is 2.59. The molecule has 0 spiro atoms. The van der Waals surface area contributed by atoms with Crippen molar-refractivity contribution in [1.82, 2.24) is 0 Å². The van der Waals surface area contributed by atoms with Crippen molar-refractivity contribution in [2.75, 3.05) is 16.4 Å². The molecule has 0 radical (unpaired) electrons. The van der Waals surface area contributed by atoms with Crippen LogP contribution in [0.5, 0.6) is 0 Å². The molecule has 0 unspecified atom stereocenters. The molecule has 16 heavy (non-hydrogen) atoms. The van der Waals surface area contributed by atoms with Crippen LogP contribution in [0, 0.1) is 0 Å². The van der Waals surface area contributed by atoms with Gasteiger partial charge in [-0.15, -0.1) is 11.6 Å². The molecule has 1 N–H and O–H groups in total. The van der Waals surface area contributed by atoms with E-state index in [0.717, 1.165) is 4.47 Å². The normalized spacial score (nSPS) is 11.4. The van der Waals surface area contributed by atoms with Crippen molar-refractivity contribution >= 4 is 43.2 Å². The fraction of sp³-hybridized carbons (Fsp3) is 0.400. The van der Waals surface area contributed by atoms with Gasteiger partial charge in [0.1, 0.15) is 0 Å². The Morgan fingerprint density at radius 2 is 2.06 bits per heavy atom. The Morgan fingerprint density at radius 3 is 2.69 bits per heavy atom. The highest BCUT2D eigenvalue weighted by Crippen LogP contribution is 2.17. The van der Waals surface area contributed by atoms with Crippen molar-refractivity contribution in [2.24, 2.45) is 0 Å². The van der Waals surface area contributed by atoms with Crippen LogP contribution in [-0.4, -0.2) is 20.1 Å². The van der Waals surface area contributed by atoms with Gasteiger partial charge in [0.2, 0.25) is 10.0 Å². The minimum absolute atomic E-state index is 0.103. The van der Waals surface area contributed by atoms with Crippen LogP contribution in [0.15, 0.2) is 28.7 Å². The summed E-state index contributed by atoms with van der Waals surface area (Å²) in [6, 6.07) is 7.05. The predicted octanol–water partition coefficient (Wildman–Crippen LogP) is 3.21. The molecule has 0 fully saturated rings. The quantitative estimate of drug-likeness (QED) is 0.644. The first-order chi connectivity index (χ1) is 7.53. The highest BCUT2D eigenvalue weighted by atomic mass is 79.9. The van der Waals surface area contributed by atoms with E-state index in [2.05, 4.69) is 20.7 Å². The third kappa shape index (κ3) is 5.18. The summed E-state index contributed by atoms with van der Waals surface area (Å²) in [5.74, 6) is 0.596. The molecule has 0 aliphatic carbocycles. The van der Waals surface area contributed by atoms with Gasteiger partial charge >= 0.3 is 0 Å². The number of benzene rings is 1. The van der Waals surface area contributed by atoms with Gasteiger partial charge in [0.25, 0.3) is 0 Å². The summed E-state index contributed by atoms with van der Waals surface area (Å²) in [5, 5.41) is 0. The molecular formula is C10H13BrClNO2S. The van der Waals surface area contributed by atoms with Gasteiger partial charge in [0, 0.05) is 16.0 Å². The summed E-state index contributed by atoms with van der Waals surface area (Å²) in [7, 11) is -3.25. The maximum absolute atomic E-state index is 11.6. The Kier molecular flexibility index (Phi) is 5.58. The standard InChI is InChI=1S/C10H13BrClNO2S/c11-9-4-3-5-10(8-9)13-16(14,15)7-2-1-6-12/h3-5,8,13H,1-2,6-7H2. The van der Waals surface area contributed by atoms with E-state index >= 15 is 0 Å². The van der Waals surface area contributed by atoms with Crippen molar-refractivity contribution in [1.29, 1.82) is 0 Å². The van der Waals surface area contributed by atoms with Gasteiger partial charge in [-0.3, -0.25) is 4.72 Å². The van der Waals surface area contributed by atoms with Gasteiger partial charge < -0.3 is 0 Å². The van der Waals surface area contributed by atoms with E-state index in [1.165, 1.54) is 0 Å². The third-order valence-corrected chi connectivity index (χ3v) is 4.03. The number of hydrogen-bond donors (Lipinski definition) is 1. The number of alkyl halides is 1. The summed E-state index contributed by atoms with van der Waals surface area (Å²) in [4.78, 5) is 0. The van der Waals surface area contributed by atoms with Crippen LogP contribution >= 0.6 is 27.5 Å². The van der Waals surface area contributed by atoms with Crippen LogP contribution in [0.3, 0.4) is 0 Å². The first kappa shape index (κ1) is 13.8. The number of halogens is 2. The average Bonchev–Trinajstić information content (AvgIpc) is 2.17. The molecular weight excluding hydrogens is 314 g/mol. The van der Waals surface area contributed by atoms with Crippen LogP contribution in [0.1, 0.15) is 12.8 Å². The fourth-order valence-corrected chi connectivity index (χ4v) is 2.93. The van der Waals surface area contributed by atoms with Crippen LogP contribution < -0.4 is 4.72 Å². The molecule has 3 nitrogen and oxygen atoms in total. The SMILES string of the molecule is O=S(=O)(CCCCCl)Nc1cccc(Br)c1. The monoisotopic (exact) mass is 325 g/mol. The molecule has 0 amide bonds. The fourth-order valence-electron chi connectivity index (χ4n) is 1.17. The Hall–Kier alpha value is -0.260. The van der Waals surface area contributed by atoms with Crippen molar-refractivity contribution in [3.63, 3.8) is 0 Å². The van der Waals surface area contributed by atoms with E-state index in [4.69, 9.17) is 11.6 Å². The van der Waals surface area contributed by atoms with E-state index in [1.807, 2.05) is 6.07 Å². The highest BCUT2D eigenvalue weighted by molar-refractivity contribution is 9.10. The number of hydrogen-bond acceptors (Lipinski definition) is 2. The van der Waals surface area contributed by atoms with Gasteiger partial charge in [-0.2, -0.15) is 0 Å². The summed E-state index contributed by atoms with van der Waals surface area (Å²) in [6.07, 6.45) is 1.29. The summed E-state index contributed by atoms with van der Waals surface area (Å²) >= 11 is 8.77. The maximum Gasteiger partial charge on any atom is 0.232 e. The lowest BCUT2D eigenvalue weighted by Gasteiger charge is -2.07. The van der Waals surface area contributed by atoms with E-state index in [1.54, 1.807) is 18.2 Å². The number of sulfonamides is 1. The smallest absolute Gasteiger partial charge is 0.232 e. The molecule has 0 aromatic heterocycles. The molecule has 90 valence electrons. The molecule has 0 aliphatic heterocycles. The summed E-state index contributed by atoms with van der Waals surface area (Å²) < 4.78 is 26.6. The van der Waals surface area contributed by atoms with Crippen molar-refractivity contribution in [3.8, 4) is 0 Å². The molecule has 0 atom stereocenters. The molecule has 0 aliphatic rings. The summed E-state index contributed by atoms with van der Waals surface area (Å²) in [5.41, 5.74) is 0.570. The average molecular weight is 327 g/mol. The minimum Gasteiger partial charge on any atom is -0.284 e. The third-order valence-electron chi connectivity index (χ3n) is 1.89. The second-order valence-electron chi connectivity index (χ2n) is 3.33. The second-order valence-corrected chi connectivity index (χ2v) is 6.46. The van der Waals surface area contributed by atoms with Crippen molar-refractivity contribution in [3.05, 3.63) is 28.7 Å². The largest absolute Gasteiger partial charge is 0.284 e. The molecule has 1 aromatic rings. The molecule has 1 aromatic carbocycles. The minimum atomic E-state index is -3.25. The van der Waals surface area contributed by atoms with Crippen LogP contribution in [-0.2, 0) is 10.0 Å².